The first-order chi connectivity index (χ1) is 24.3. The van der Waals surface area contributed by atoms with Crippen molar-refractivity contribution in [2.75, 3.05) is 13.2 Å². The third kappa shape index (κ3) is 25.2. The van der Waals surface area contributed by atoms with Crippen molar-refractivity contribution in [3.63, 3.8) is 0 Å². The lowest BCUT2D eigenvalue weighted by Gasteiger charge is -2.36. The normalized spacial score (nSPS) is 20.8. The first-order valence-electron chi connectivity index (χ1n) is 20.3. The van der Waals surface area contributed by atoms with Crippen LogP contribution >= 0.6 is 0 Å². The van der Waals surface area contributed by atoms with E-state index in [1.807, 2.05) is 12.2 Å². The van der Waals surface area contributed by atoms with E-state index in [-0.39, 0.29) is 31.3 Å². The Kier molecular flexibility index (Phi) is 29.5. The summed E-state index contributed by atoms with van der Waals surface area (Å²) in [5.41, 5.74) is 0. The molecule has 4 N–H and O–H groups in total. The molecule has 292 valence electrons. The molecule has 0 saturated carbocycles. The molecular formula is C41H74O9. The number of aliphatic hydroxyl groups is 4. The summed E-state index contributed by atoms with van der Waals surface area (Å²) < 4.78 is 16.2. The fourth-order valence-corrected chi connectivity index (χ4v) is 6.36. The topological polar surface area (TPSA) is 143 Å². The van der Waals surface area contributed by atoms with Crippen LogP contribution in [-0.2, 0) is 23.8 Å². The van der Waals surface area contributed by atoms with Crippen LogP contribution in [0.4, 0.5) is 0 Å². The van der Waals surface area contributed by atoms with Gasteiger partial charge in [-0.15, -0.1) is 0 Å². The van der Waals surface area contributed by atoms with Crippen molar-refractivity contribution in [2.24, 2.45) is 5.92 Å². The Hall–Kier alpha value is -1.78. The molecule has 0 spiro atoms. The van der Waals surface area contributed by atoms with Gasteiger partial charge in [-0.3, -0.25) is 9.59 Å². The standard InChI is InChI=1S/C41H74O9/c1-3-5-7-8-9-10-11-12-13-14-15-16-17-18-23-27-39(45)48-33-35(32-42)49-40(46)28-24-20-19-22-26-36-37(44)31-41(47)50-38(36)30-29-34(43)25-21-6-4-2/h19,22,29-30,34-38,41-44,47H,3-18,20-21,23-28,31-33H2,1-2H3/b22-19-,30-29+/t34-,35-,36-,37-,38+,41?/m0/s1. The lowest BCUT2D eigenvalue weighted by Crippen LogP contribution is -2.43. The molecule has 9 heteroatoms. The first kappa shape index (κ1) is 46.2. The van der Waals surface area contributed by atoms with Crippen molar-refractivity contribution < 1.29 is 44.2 Å². The van der Waals surface area contributed by atoms with Crippen molar-refractivity contribution in [2.45, 2.75) is 205 Å². The zero-order chi connectivity index (χ0) is 36.7. The predicted molar refractivity (Wildman–Crippen MR) is 199 cm³/mol. The number of unbranched alkanes of at least 4 members (excludes halogenated alkanes) is 17. The van der Waals surface area contributed by atoms with Gasteiger partial charge >= 0.3 is 11.9 Å². The summed E-state index contributed by atoms with van der Waals surface area (Å²) in [6.07, 6.45) is 28.6. The van der Waals surface area contributed by atoms with Crippen molar-refractivity contribution in [1.82, 2.24) is 0 Å². The Morgan fingerprint density at radius 2 is 1.32 bits per heavy atom. The van der Waals surface area contributed by atoms with Gasteiger partial charge in [0.25, 0.3) is 0 Å². The van der Waals surface area contributed by atoms with Gasteiger partial charge in [-0.25, -0.2) is 0 Å². The van der Waals surface area contributed by atoms with E-state index in [2.05, 4.69) is 13.8 Å². The third-order valence-corrected chi connectivity index (χ3v) is 9.54. The molecule has 1 aliphatic rings. The highest BCUT2D eigenvalue weighted by molar-refractivity contribution is 5.70. The number of hydrogen-bond acceptors (Lipinski definition) is 9. The molecule has 0 amide bonds. The monoisotopic (exact) mass is 711 g/mol. The van der Waals surface area contributed by atoms with Gasteiger partial charge in [0, 0.05) is 25.2 Å². The quantitative estimate of drug-likeness (QED) is 0.0308. The molecule has 6 atom stereocenters. The highest BCUT2D eigenvalue weighted by Gasteiger charge is 2.35. The number of esters is 2. The van der Waals surface area contributed by atoms with Gasteiger partial charge in [-0.1, -0.05) is 147 Å². The zero-order valence-corrected chi connectivity index (χ0v) is 31.7. The SMILES string of the molecule is CCCCCCCCCCCCCCCCCC(=O)OC[C@H](CO)OC(=O)CCC/C=C\C[C@H]1[C@@H](O)CC(O)O[C@@H]1/C=C/[C@@H](O)CCCCC. The Morgan fingerprint density at radius 3 is 1.92 bits per heavy atom. The van der Waals surface area contributed by atoms with Gasteiger partial charge in [0.05, 0.1) is 24.9 Å². The van der Waals surface area contributed by atoms with E-state index in [0.717, 1.165) is 38.5 Å². The Morgan fingerprint density at radius 1 is 0.760 bits per heavy atom. The molecular weight excluding hydrogens is 636 g/mol. The minimum Gasteiger partial charge on any atom is -0.462 e. The minimum atomic E-state index is -1.05. The van der Waals surface area contributed by atoms with Crippen LogP contribution in [0.2, 0.25) is 0 Å². The highest BCUT2D eigenvalue weighted by Crippen LogP contribution is 2.29. The number of carbonyl (C=O) groups is 2. The molecule has 1 fully saturated rings. The van der Waals surface area contributed by atoms with Crippen LogP contribution in [0.3, 0.4) is 0 Å². The summed E-state index contributed by atoms with van der Waals surface area (Å²) >= 11 is 0. The van der Waals surface area contributed by atoms with Gasteiger partial charge in [0.2, 0.25) is 0 Å². The second-order valence-electron chi connectivity index (χ2n) is 14.2. The van der Waals surface area contributed by atoms with E-state index in [9.17, 15) is 30.0 Å². The minimum absolute atomic E-state index is 0.134. The van der Waals surface area contributed by atoms with Crippen LogP contribution in [0, 0.1) is 5.92 Å². The lowest BCUT2D eigenvalue weighted by atomic mass is 9.87. The van der Waals surface area contributed by atoms with Crippen molar-refractivity contribution in [1.29, 1.82) is 0 Å². The van der Waals surface area contributed by atoms with Crippen LogP contribution in [0.15, 0.2) is 24.3 Å². The molecule has 1 saturated heterocycles. The summed E-state index contributed by atoms with van der Waals surface area (Å²) in [6, 6.07) is 0. The molecule has 0 aromatic rings. The fraction of sp³-hybridized carbons (Fsp3) is 0.854. The maximum Gasteiger partial charge on any atom is 0.306 e. The Bertz CT molecular complexity index is 876. The summed E-state index contributed by atoms with van der Waals surface area (Å²) in [5, 5.41) is 40.4. The molecule has 0 radical (unpaired) electrons. The molecule has 1 heterocycles. The maximum absolute atomic E-state index is 12.3. The highest BCUT2D eigenvalue weighted by atomic mass is 16.6. The number of rotatable bonds is 32. The van der Waals surface area contributed by atoms with Crippen molar-refractivity contribution in [3.05, 3.63) is 24.3 Å². The van der Waals surface area contributed by atoms with Crippen LogP contribution in [0.25, 0.3) is 0 Å². The molecule has 0 aliphatic carbocycles. The molecule has 0 aromatic carbocycles. The number of allylic oxidation sites excluding steroid dienone is 2. The molecule has 9 nitrogen and oxygen atoms in total. The summed E-state index contributed by atoms with van der Waals surface area (Å²) in [4.78, 5) is 24.4. The van der Waals surface area contributed by atoms with E-state index >= 15 is 0 Å². The number of carbonyl (C=O) groups excluding carboxylic acids is 2. The zero-order valence-electron chi connectivity index (χ0n) is 31.7. The van der Waals surface area contributed by atoms with Crippen molar-refractivity contribution >= 4 is 11.9 Å². The third-order valence-electron chi connectivity index (χ3n) is 9.54. The van der Waals surface area contributed by atoms with Gasteiger partial charge < -0.3 is 34.6 Å². The first-order valence-corrected chi connectivity index (χ1v) is 20.3. The molecule has 0 bridgehead atoms. The van der Waals surface area contributed by atoms with Crippen LogP contribution in [0.5, 0.6) is 0 Å². The van der Waals surface area contributed by atoms with Crippen LogP contribution < -0.4 is 0 Å². The summed E-state index contributed by atoms with van der Waals surface area (Å²) in [5.74, 6) is -1.04. The number of ether oxygens (including phenoxy) is 3. The smallest absolute Gasteiger partial charge is 0.306 e. The maximum atomic E-state index is 12.3. The van der Waals surface area contributed by atoms with Crippen LogP contribution in [-0.4, -0.2) is 76.3 Å². The Balaban J connectivity index is 2.14. The van der Waals surface area contributed by atoms with Gasteiger partial charge in [-0.2, -0.15) is 0 Å². The molecule has 1 unspecified atom stereocenters. The van der Waals surface area contributed by atoms with E-state index < -0.39 is 43.3 Å². The van der Waals surface area contributed by atoms with Crippen molar-refractivity contribution in [3.8, 4) is 0 Å². The Labute approximate surface area is 304 Å². The molecule has 1 rings (SSSR count). The average Bonchev–Trinajstić information content (AvgIpc) is 3.09. The van der Waals surface area contributed by atoms with Crippen LogP contribution in [0.1, 0.15) is 174 Å². The lowest BCUT2D eigenvalue weighted by molar-refractivity contribution is -0.199. The second-order valence-corrected chi connectivity index (χ2v) is 14.2. The van der Waals surface area contributed by atoms with E-state index in [4.69, 9.17) is 14.2 Å². The fourth-order valence-electron chi connectivity index (χ4n) is 6.36. The van der Waals surface area contributed by atoms with E-state index in [1.54, 1.807) is 12.2 Å². The second kappa shape index (κ2) is 31.9. The van der Waals surface area contributed by atoms with Gasteiger partial charge in [-0.05, 0) is 32.1 Å². The number of aliphatic hydroxyl groups excluding tert-OH is 4. The van der Waals surface area contributed by atoms with Gasteiger partial charge in [0.15, 0.2) is 12.4 Å². The average molecular weight is 711 g/mol. The van der Waals surface area contributed by atoms with E-state index in [0.29, 0.717) is 32.1 Å². The van der Waals surface area contributed by atoms with E-state index in [1.165, 1.54) is 77.0 Å². The molecule has 0 aromatic heterocycles. The predicted octanol–water partition coefficient (Wildman–Crippen LogP) is 8.39. The summed E-state index contributed by atoms with van der Waals surface area (Å²) in [7, 11) is 0. The molecule has 50 heavy (non-hydrogen) atoms. The molecule has 1 aliphatic heterocycles. The van der Waals surface area contributed by atoms with Gasteiger partial charge in [0.1, 0.15) is 6.61 Å². The summed E-state index contributed by atoms with van der Waals surface area (Å²) in [6.45, 7) is 3.81. The largest absolute Gasteiger partial charge is 0.462 e. The number of hydrogen-bond donors (Lipinski definition) is 4.